The van der Waals surface area contributed by atoms with Crippen molar-refractivity contribution in [3.63, 3.8) is 0 Å². The minimum absolute atomic E-state index is 0.259. The normalized spacial score (nSPS) is 10.3. The number of nitrogens with zero attached hydrogens (tertiary/aromatic N) is 2. The molecule has 30 heavy (non-hydrogen) atoms. The Morgan fingerprint density at radius 1 is 0.867 bits per heavy atom. The lowest BCUT2D eigenvalue weighted by atomic mass is 10.2. The largest absolute Gasteiger partial charge is 0.455 e. The van der Waals surface area contributed by atoms with Gasteiger partial charge in [0.2, 0.25) is 5.95 Å². The Kier molecular flexibility index (Phi) is 5.66. The van der Waals surface area contributed by atoms with Crippen molar-refractivity contribution >= 4 is 23.2 Å². The molecule has 0 bridgehead atoms. The smallest absolute Gasteiger partial charge is 0.274 e. The lowest BCUT2D eigenvalue weighted by Crippen LogP contribution is -2.14. The number of hydrogen-bond donors (Lipinski definition) is 2. The van der Waals surface area contributed by atoms with Crippen LogP contribution in [-0.2, 0) is 0 Å². The predicted molar refractivity (Wildman–Crippen MR) is 117 cm³/mol. The lowest BCUT2D eigenvalue weighted by molar-refractivity contribution is 0.102. The van der Waals surface area contributed by atoms with Gasteiger partial charge in [-0.3, -0.25) is 4.79 Å². The predicted octanol–water partition coefficient (Wildman–Crippen LogP) is 5.57. The molecule has 0 aliphatic rings. The number of rotatable bonds is 6. The number of amides is 1. The summed E-state index contributed by atoms with van der Waals surface area (Å²) in [6.45, 7) is 1.99. The number of carbonyl (C=O) groups excluding carboxylic acids is 1. The van der Waals surface area contributed by atoms with Crippen LogP contribution in [0.2, 0.25) is 0 Å². The molecule has 0 saturated carbocycles. The minimum atomic E-state index is -0.307. The Morgan fingerprint density at radius 2 is 1.60 bits per heavy atom. The second-order valence-electron chi connectivity index (χ2n) is 6.62. The van der Waals surface area contributed by atoms with Crippen LogP contribution in [-0.4, -0.2) is 15.9 Å². The first-order chi connectivity index (χ1) is 14.7. The molecule has 3 aromatic carbocycles. The van der Waals surface area contributed by atoms with Crippen molar-refractivity contribution in [3.8, 4) is 11.5 Å². The zero-order valence-corrected chi connectivity index (χ0v) is 16.4. The van der Waals surface area contributed by atoms with E-state index in [-0.39, 0.29) is 11.6 Å². The summed E-state index contributed by atoms with van der Waals surface area (Å²) in [5, 5.41) is 5.97. The van der Waals surface area contributed by atoms with E-state index in [2.05, 4.69) is 20.6 Å². The van der Waals surface area contributed by atoms with Crippen molar-refractivity contribution in [1.29, 1.82) is 0 Å². The summed E-state index contributed by atoms with van der Waals surface area (Å²) in [6, 6.07) is 26.1. The molecule has 0 unspecified atom stereocenters. The number of carbonyl (C=O) groups is 1. The SMILES string of the molecule is Cc1ccc(NC(=O)c2ccnc(Nc3ccccc3Oc3ccccc3)n2)cc1. The van der Waals surface area contributed by atoms with Crippen molar-refractivity contribution in [2.24, 2.45) is 0 Å². The summed E-state index contributed by atoms with van der Waals surface area (Å²) in [5.41, 5.74) is 2.78. The van der Waals surface area contributed by atoms with Gasteiger partial charge in [0.25, 0.3) is 5.91 Å². The van der Waals surface area contributed by atoms with Crippen molar-refractivity contribution in [2.75, 3.05) is 10.6 Å². The van der Waals surface area contributed by atoms with Crippen LogP contribution in [0, 0.1) is 6.92 Å². The Hall–Kier alpha value is -4.19. The summed E-state index contributed by atoms with van der Waals surface area (Å²) in [4.78, 5) is 21.1. The van der Waals surface area contributed by atoms with Crippen molar-refractivity contribution in [3.05, 3.63) is 102 Å². The molecule has 0 atom stereocenters. The molecule has 0 radical (unpaired) electrons. The molecule has 0 fully saturated rings. The lowest BCUT2D eigenvalue weighted by Gasteiger charge is -2.12. The first kappa shape index (κ1) is 19.1. The van der Waals surface area contributed by atoms with Crippen LogP contribution in [0.15, 0.2) is 91.1 Å². The van der Waals surface area contributed by atoms with Crippen LogP contribution in [0.1, 0.15) is 16.1 Å². The van der Waals surface area contributed by atoms with Crippen LogP contribution in [0.4, 0.5) is 17.3 Å². The minimum Gasteiger partial charge on any atom is -0.455 e. The Labute approximate surface area is 174 Å². The van der Waals surface area contributed by atoms with Gasteiger partial charge < -0.3 is 15.4 Å². The molecule has 6 heteroatoms. The van der Waals surface area contributed by atoms with Crippen LogP contribution in [0.25, 0.3) is 0 Å². The highest BCUT2D eigenvalue weighted by molar-refractivity contribution is 6.03. The number of anilines is 3. The van der Waals surface area contributed by atoms with E-state index >= 15 is 0 Å². The van der Waals surface area contributed by atoms with E-state index in [0.29, 0.717) is 23.1 Å². The van der Waals surface area contributed by atoms with E-state index in [1.165, 1.54) is 0 Å². The van der Waals surface area contributed by atoms with Crippen LogP contribution in [0.5, 0.6) is 11.5 Å². The maximum Gasteiger partial charge on any atom is 0.274 e. The van der Waals surface area contributed by atoms with Gasteiger partial charge in [0.1, 0.15) is 11.4 Å². The number of benzene rings is 3. The van der Waals surface area contributed by atoms with Gasteiger partial charge in [0.05, 0.1) is 5.69 Å². The van der Waals surface area contributed by atoms with Gasteiger partial charge in [-0.2, -0.15) is 0 Å². The summed E-state index contributed by atoms with van der Waals surface area (Å²) in [5.74, 6) is 1.34. The van der Waals surface area contributed by atoms with Gasteiger partial charge >= 0.3 is 0 Å². The van der Waals surface area contributed by atoms with Gasteiger partial charge in [-0.25, -0.2) is 9.97 Å². The summed E-state index contributed by atoms with van der Waals surface area (Å²) >= 11 is 0. The summed E-state index contributed by atoms with van der Waals surface area (Å²) in [6.07, 6.45) is 1.54. The molecule has 6 nitrogen and oxygen atoms in total. The van der Waals surface area contributed by atoms with E-state index < -0.39 is 0 Å². The average Bonchev–Trinajstić information content (AvgIpc) is 2.78. The molecule has 2 N–H and O–H groups in total. The monoisotopic (exact) mass is 396 g/mol. The Bertz CT molecular complexity index is 1150. The molecule has 4 rings (SSSR count). The number of aromatic nitrogens is 2. The number of para-hydroxylation sites is 3. The molecule has 4 aromatic rings. The number of nitrogens with one attached hydrogen (secondary N) is 2. The molecule has 148 valence electrons. The Morgan fingerprint density at radius 3 is 2.40 bits per heavy atom. The topological polar surface area (TPSA) is 76.1 Å². The highest BCUT2D eigenvalue weighted by atomic mass is 16.5. The van der Waals surface area contributed by atoms with Crippen LogP contribution < -0.4 is 15.4 Å². The van der Waals surface area contributed by atoms with E-state index in [9.17, 15) is 4.79 Å². The fourth-order valence-corrected chi connectivity index (χ4v) is 2.77. The molecule has 1 amide bonds. The van der Waals surface area contributed by atoms with E-state index in [0.717, 1.165) is 11.3 Å². The molecule has 1 heterocycles. The second-order valence-corrected chi connectivity index (χ2v) is 6.62. The van der Waals surface area contributed by atoms with E-state index in [1.54, 1.807) is 12.3 Å². The third kappa shape index (κ3) is 4.80. The van der Waals surface area contributed by atoms with E-state index in [1.807, 2.05) is 85.8 Å². The highest BCUT2D eigenvalue weighted by Crippen LogP contribution is 2.30. The average molecular weight is 396 g/mol. The second kappa shape index (κ2) is 8.87. The van der Waals surface area contributed by atoms with E-state index in [4.69, 9.17) is 4.74 Å². The molecule has 1 aromatic heterocycles. The van der Waals surface area contributed by atoms with Crippen molar-refractivity contribution in [1.82, 2.24) is 9.97 Å². The standard InChI is InChI=1S/C24H20N4O2/c1-17-11-13-18(14-12-17)26-23(29)21-15-16-25-24(28-21)27-20-9-5-6-10-22(20)30-19-7-3-2-4-8-19/h2-16H,1H3,(H,26,29)(H,25,27,28). The molecule has 0 saturated heterocycles. The van der Waals surface area contributed by atoms with Gasteiger partial charge in [0, 0.05) is 11.9 Å². The quantitative estimate of drug-likeness (QED) is 0.445. The molecular formula is C24H20N4O2. The van der Waals surface area contributed by atoms with Crippen LogP contribution >= 0.6 is 0 Å². The Balaban J connectivity index is 1.51. The highest BCUT2D eigenvalue weighted by Gasteiger charge is 2.11. The maximum atomic E-state index is 12.6. The zero-order chi connectivity index (χ0) is 20.8. The summed E-state index contributed by atoms with van der Waals surface area (Å²) < 4.78 is 5.95. The molecule has 0 aliphatic heterocycles. The van der Waals surface area contributed by atoms with Gasteiger partial charge in [-0.1, -0.05) is 48.0 Å². The number of aryl methyl sites for hydroxylation is 1. The number of hydrogen-bond acceptors (Lipinski definition) is 5. The molecule has 0 aliphatic carbocycles. The van der Waals surface area contributed by atoms with Gasteiger partial charge in [-0.05, 0) is 49.4 Å². The molecule has 0 spiro atoms. The van der Waals surface area contributed by atoms with Gasteiger partial charge in [-0.15, -0.1) is 0 Å². The van der Waals surface area contributed by atoms with Crippen molar-refractivity contribution in [2.45, 2.75) is 6.92 Å². The van der Waals surface area contributed by atoms with Gasteiger partial charge in [0.15, 0.2) is 5.75 Å². The molecular weight excluding hydrogens is 376 g/mol. The first-order valence-electron chi connectivity index (χ1n) is 9.47. The van der Waals surface area contributed by atoms with Crippen LogP contribution in [0.3, 0.4) is 0 Å². The summed E-state index contributed by atoms with van der Waals surface area (Å²) in [7, 11) is 0. The zero-order valence-electron chi connectivity index (χ0n) is 16.4. The first-order valence-corrected chi connectivity index (χ1v) is 9.47. The number of ether oxygens (including phenoxy) is 1. The van der Waals surface area contributed by atoms with Crippen molar-refractivity contribution < 1.29 is 9.53 Å². The third-order valence-electron chi connectivity index (χ3n) is 4.30. The fraction of sp³-hybridized carbons (Fsp3) is 0.0417. The third-order valence-corrected chi connectivity index (χ3v) is 4.30. The fourth-order valence-electron chi connectivity index (χ4n) is 2.77. The maximum absolute atomic E-state index is 12.6.